The van der Waals surface area contributed by atoms with E-state index in [4.69, 9.17) is 0 Å². The maximum atomic E-state index is 3.13. The van der Waals surface area contributed by atoms with Crippen molar-refractivity contribution in [3.05, 3.63) is 71.9 Å². The van der Waals surface area contributed by atoms with Crippen LogP contribution in [-0.2, 0) is 7.05 Å². The van der Waals surface area contributed by atoms with Gasteiger partial charge in [0, 0.05) is 36.3 Å². The van der Waals surface area contributed by atoms with Crippen molar-refractivity contribution in [1.82, 2.24) is 0 Å². The van der Waals surface area contributed by atoms with E-state index in [9.17, 15) is 0 Å². The molecule has 3 aromatic rings. The molecule has 0 radical (unpaired) electrons. The standard InChI is InChI=1S/C19H18N2/c1-20-17-11-7-15(8-12-17)9-13-18-14-10-16-5-3-4-6-19(16)21(18)2/h3-14H,1-2H3/p+1. The molecule has 0 aliphatic heterocycles. The molecule has 2 nitrogen and oxygen atoms in total. The Bertz CT molecular complexity index is 786. The number of pyridine rings is 1. The van der Waals surface area contributed by atoms with Gasteiger partial charge in [-0.3, -0.25) is 0 Å². The quantitative estimate of drug-likeness (QED) is 0.717. The Morgan fingerprint density at radius 1 is 0.857 bits per heavy atom. The lowest BCUT2D eigenvalue weighted by Crippen LogP contribution is -2.32. The first-order valence-corrected chi connectivity index (χ1v) is 7.11. The van der Waals surface area contributed by atoms with Crippen LogP contribution in [0.3, 0.4) is 0 Å². The third-order valence-corrected chi connectivity index (χ3v) is 3.76. The van der Waals surface area contributed by atoms with E-state index >= 15 is 0 Å². The third kappa shape index (κ3) is 2.79. The second-order valence-electron chi connectivity index (χ2n) is 5.08. The van der Waals surface area contributed by atoms with Crippen molar-refractivity contribution in [2.75, 3.05) is 12.4 Å². The van der Waals surface area contributed by atoms with Crippen LogP contribution >= 0.6 is 0 Å². The SMILES string of the molecule is CNc1ccc(/C=C/c2ccc3ccccc3[n+]2C)cc1. The van der Waals surface area contributed by atoms with Gasteiger partial charge in [-0.2, -0.15) is 4.57 Å². The molecule has 0 atom stereocenters. The Kier molecular flexibility index (Phi) is 3.69. The van der Waals surface area contributed by atoms with Crippen molar-refractivity contribution >= 4 is 28.7 Å². The molecule has 0 saturated carbocycles. The molecule has 2 heteroatoms. The van der Waals surface area contributed by atoms with Crippen molar-refractivity contribution in [2.24, 2.45) is 7.05 Å². The molecule has 1 heterocycles. The summed E-state index contributed by atoms with van der Waals surface area (Å²) >= 11 is 0. The molecule has 0 amide bonds. The molecule has 2 aromatic carbocycles. The summed E-state index contributed by atoms with van der Waals surface area (Å²) in [6.07, 6.45) is 4.30. The van der Waals surface area contributed by atoms with Gasteiger partial charge in [-0.05, 0) is 35.9 Å². The normalized spacial score (nSPS) is 11.1. The molecule has 1 aromatic heterocycles. The van der Waals surface area contributed by atoms with Crippen LogP contribution in [0, 0.1) is 0 Å². The van der Waals surface area contributed by atoms with Crippen molar-refractivity contribution in [1.29, 1.82) is 0 Å². The fourth-order valence-electron chi connectivity index (χ4n) is 2.47. The smallest absolute Gasteiger partial charge is 0.212 e. The first-order valence-electron chi connectivity index (χ1n) is 7.11. The first-order chi connectivity index (χ1) is 10.3. The highest BCUT2D eigenvalue weighted by Gasteiger charge is 2.07. The van der Waals surface area contributed by atoms with Gasteiger partial charge in [-0.1, -0.05) is 24.3 Å². The van der Waals surface area contributed by atoms with Crippen molar-refractivity contribution in [2.45, 2.75) is 0 Å². The van der Waals surface area contributed by atoms with E-state index in [1.54, 1.807) is 0 Å². The van der Waals surface area contributed by atoms with Crippen molar-refractivity contribution in [3.63, 3.8) is 0 Å². The van der Waals surface area contributed by atoms with Gasteiger partial charge >= 0.3 is 0 Å². The zero-order valence-corrected chi connectivity index (χ0v) is 12.4. The highest BCUT2D eigenvalue weighted by molar-refractivity contribution is 5.77. The average molecular weight is 275 g/mol. The number of aryl methyl sites for hydroxylation is 1. The van der Waals surface area contributed by atoms with Gasteiger partial charge in [0.05, 0.1) is 0 Å². The van der Waals surface area contributed by atoms with Gasteiger partial charge in [-0.25, -0.2) is 0 Å². The molecule has 3 rings (SSSR count). The highest BCUT2D eigenvalue weighted by Crippen LogP contribution is 2.13. The summed E-state index contributed by atoms with van der Waals surface area (Å²) in [5.74, 6) is 0. The molecule has 0 saturated heterocycles. The number of rotatable bonds is 3. The number of nitrogens with zero attached hydrogens (tertiary/aromatic N) is 1. The Hall–Kier alpha value is -2.61. The number of para-hydroxylation sites is 1. The van der Waals surface area contributed by atoms with Crippen LogP contribution < -0.4 is 9.88 Å². The molecule has 1 N–H and O–H groups in total. The number of hydrogen-bond donors (Lipinski definition) is 1. The van der Waals surface area contributed by atoms with Crippen LogP contribution in [0.25, 0.3) is 23.1 Å². The summed E-state index contributed by atoms with van der Waals surface area (Å²) in [4.78, 5) is 0. The second kappa shape index (κ2) is 5.80. The largest absolute Gasteiger partial charge is 0.388 e. The maximum Gasteiger partial charge on any atom is 0.212 e. The third-order valence-electron chi connectivity index (χ3n) is 3.76. The number of benzene rings is 2. The first kappa shape index (κ1) is 13.4. The predicted octanol–water partition coefficient (Wildman–Crippen LogP) is 3.88. The minimum absolute atomic E-state index is 1.13. The molecule has 0 bridgehead atoms. The molecule has 0 aliphatic carbocycles. The van der Waals surface area contributed by atoms with Gasteiger partial charge < -0.3 is 5.32 Å². The van der Waals surface area contributed by atoms with Crippen LogP contribution in [0.1, 0.15) is 11.3 Å². The van der Waals surface area contributed by atoms with Crippen LogP contribution in [0.5, 0.6) is 0 Å². The predicted molar refractivity (Wildman–Crippen MR) is 90.0 cm³/mol. The zero-order chi connectivity index (χ0) is 14.7. The summed E-state index contributed by atoms with van der Waals surface area (Å²) in [5.41, 5.74) is 4.75. The van der Waals surface area contributed by atoms with Gasteiger partial charge in [0.1, 0.15) is 7.05 Å². The van der Waals surface area contributed by atoms with Crippen molar-refractivity contribution in [3.8, 4) is 0 Å². The Balaban J connectivity index is 1.93. The molecule has 21 heavy (non-hydrogen) atoms. The number of aromatic nitrogens is 1. The van der Waals surface area contributed by atoms with Gasteiger partial charge in [0.15, 0.2) is 0 Å². The number of fused-ring (bicyclic) bond motifs is 1. The molecule has 0 aliphatic rings. The van der Waals surface area contributed by atoms with Gasteiger partial charge in [0.2, 0.25) is 11.2 Å². The topological polar surface area (TPSA) is 15.9 Å². The Morgan fingerprint density at radius 2 is 1.62 bits per heavy atom. The number of anilines is 1. The van der Waals surface area contributed by atoms with E-state index in [1.807, 2.05) is 7.05 Å². The monoisotopic (exact) mass is 275 g/mol. The summed E-state index contributed by atoms with van der Waals surface area (Å²) in [7, 11) is 4.03. The zero-order valence-electron chi connectivity index (χ0n) is 12.4. The molecular weight excluding hydrogens is 256 g/mol. The maximum absolute atomic E-state index is 3.13. The lowest BCUT2D eigenvalue weighted by molar-refractivity contribution is -0.646. The van der Waals surface area contributed by atoms with E-state index < -0.39 is 0 Å². The van der Waals surface area contributed by atoms with E-state index in [0.717, 1.165) is 5.69 Å². The van der Waals surface area contributed by atoms with E-state index in [1.165, 1.54) is 22.2 Å². The number of hydrogen-bond acceptors (Lipinski definition) is 1. The average Bonchev–Trinajstić information content (AvgIpc) is 2.55. The molecule has 0 spiro atoms. The van der Waals surface area contributed by atoms with E-state index in [0.29, 0.717) is 0 Å². The van der Waals surface area contributed by atoms with Crippen molar-refractivity contribution < 1.29 is 4.57 Å². The molecule has 0 unspecified atom stereocenters. The minimum atomic E-state index is 1.13. The summed E-state index contributed by atoms with van der Waals surface area (Å²) in [5, 5.41) is 4.39. The molecular formula is C19H19N2+. The lowest BCUT2D eigenvalue weighted by Gasteiger charge is -2.01. The van der Waals surface area contributed by atoms with E-state index in [-0.39, 0.29) is 0 Å². The lowest BCUT2D eigenvalue weighted by atomic mass is 10.1. The number of nitrogens with one attached hydrogen (secondary N) is 1. The molecule has 0 fully saturated rings. The fraction of sp³-hybridized carbons (Fsp3) is 0.105. The van der Waals surface area contributed by atoms with Crippen LogP contribution in [0.4, 0.5) is 5.69 Å². The Labute approximate surface area is 125 Å². The van der Waals surface area contributed by atoms with Gasteiger partial charge in [0.25, 0.3) is 0 Å². The summed E-state index contributed by atoms with van der Waals surface area (Å²) in [6, 6.07) is 21.1. The summed E-state index contributed by atoms with van der Waals surface area (Å²) in [6.45, 7) is 0. The van der Waals surface area contributed by atoms with Crippen LogP contribution in [-0.4, -0.2) is 7.05 Å². The minimum Gasteiger partial charge on any atom is -0.388 e. The molecule has 104 valence electrons. The fourth-order valence-corrected chi connectivity index (χ4v) is 2.47. The van der Waals surface area contributed by atoms with E-state index in [2.05, 4.69) is 89.7 Å². The van der Waals surface area contributed by atoms with Gasteiger partial charge in [-0.15, -0.1) is 0 Å². The second-order valence-corrected chi connectivity index (χ2v) is 5.08. The Morgan fingerprint density at radius 3 is 2.38 bits per heavy atom. The van der Waals surface area contributed by atoms with Crippen LogP contribution in [0.15, 0.2) is 60.7 Å². The summed E-state index contributed by atoms with van der Waals surface area (Å²) < 4.78 is 2.22. The van der Waals surface area contributed by atoms with Crippen LogP contribution in [0.2, 0.25) is 0 Å². The highest BCUT2D eigenvalue weighted by atomic mass is 14.9.